The van der Waals surface area contributed by atoms with E-state index in [1.54, 1.807) is 24.0 Å². The van der Waals surface area contributed by atoms with Gasteiger partial charge in [0.2, 0.25) is 0 Å². The number of nitrogens with one attached hydrogen (secondary N) is 1. The SMILES string of the molecule is Cc1c(C(=O)N2CCNCC2C)nnn1-c1ccc(OC(F)F)cc1.Cl. The Bertz CT molecular complexity index is 754. The number of hydrogen-bond donors (Lipinski definition) is 1. The molecule has 1 fully saturated rings. The number of amides is 1. The minimum Gasteiger partial charge on any atom is -0.435 e. The Balaban J connectivity index is 0.00000243. The van der Waals surface area contributed by atoms with Crippen molar-refractivity contribution in [1.29, 1.82) is 0 Å². The summed E-state index contributed by atoms with van der Waals surface area (Å²) in [7, 11) is 0. The van der Waals surface area contributed by atoms with Crippen molar-refractivity contribution in [2.75, 3.05) is 19.6 Å². The van der Waals surface area contributed by atoms with E-state index in [1.165, 1.54) is 16.8 Å². The highest BCUT2D eigenvalue weighted by Gasteiger charge is 2.28. The average Bonchev–Trinajstić information content (AvgIpc) is 2.96. The minimum absolute atomic E-state index is 0. The molecule has 1 saturated heterocycles. The third-order valence-corrected chi connectivity index (χ3v) is 4.17. The fourth-order valence-electron chi connectivity index (χ4n) is 2.82. The number of carbonyl (C=O) groups excluding carboxylic acids is 1. The molecule has 1 unspecified atom stereocenters. The maximum Gasteiger partial charge on any atom is 0.387 e. The summed E-state index contributed by atoms with van der Waals surface area (Å²) in [5.74, 6) is -0.0992. The Labute approximate surface area is 155 Å². The summed E-state index contributed by atoms with van der Waals surface area (Å²) in [5, 5.41) is 11.3. The summed E-state index contributed by atoms with van der Waals surface area (Å²) < 4.78 is 30.3. The van der Waals surface area contributed by atoms with E-state index in [0.29, 0.717) is 23.6 Å². The van der Waals surface area contributed by atoms with Gasteiger partial charge in [-0.05, 0) is 38.1 Å². The quantitative estimate of drug-likeness (QED) is 0.869. The van der Waals surface area contributed by atoms with Crippen LogP contribution in [0.1, 0.15) is 23.1 Å². The lowest BCUT2D eigenvalue weighted by Crippen LogP contribution is -2.52. The van der Waals surface area contributed by atoms with Crippen molar-refractivity contribution in [3.05, 3.63) is 35.7 Å². The molecule has 1 aromatic carbocycles. The normalized spacial score (nSPS) is 17.1. The fraction of sp³-hybridized carbons (Fsp3) is 0.438. The first-order valence-corrected chi connectivity index (χ1v) is 7.96. The van der Waals surface area contributed by atoms with E-state index in [-0.39, 0.29) is 30.1 Å². The smallest absolute Gasteiger partial charge is 0.387 e. The molecule has 1 aliphatic heterocycles. The third kappa shape index (κ3) is 4.10. The second-order valence-electron chi connectivity index (χ2n) is 5.86. The second-order valence-corrected chi connectivity index (χ2v) is 5.86. The van der Waals surface area contributed by atoms with Crippen molar-refractivity contribution >= 4 is 18.3 Å². The number of nitrogens with zero attached hydrogens (tertiary/aromatic N) is 4. The van der Waals surface area contributed by atoms with Crippen LogP contribution >= 0.6 is 12.4 Å². The van der Waals surface area contributed by atoms with Crippen LogP contribution < -0.4 is 10.1 Å². The third-order valence-electron chi connectivity index (χ3n) is 4.17. The lowest BCUT2D eigenvalue weighted by atomic mass is 10.2. The first-order valence-electron chi connectivity index (χ1n) is 7.96. The summed E-state index contributed by atoms with van der Waals surface area (Å²) >= 11 is 0. The molecule has 0 bridgehead atoms. The van der Waals surface area contributed by atoms with Crippen LogP contribution in [-0.4, -0.2) is 58.1 Å². The van der Waals surface area contributed by atoms with Gasteiger partial charge in [-0.3, -0.25) is 4.79 Å². The van der Waals surface area contributed by atoms with E-state index in [9.17, 15) is 13.6 Å². The lowest BCUT2D eigenvalue weighted by Gasteiger charge is -2.33. The number of aromatic nitrogens is 3. The maximum absolute atomic E-state index is 12.7. The van der Waals surface area contributed by atoms with Crippen LogP contribution in [0.15, 0.2) is 24.3 Å². The Morgan fingerprint density at radius 3 is 2.65 bits per heavy atom. The van der Waals surface area contributed by atoms with Crippen molar-refractivity contribution in [1.82, 2.24) is 25.2 Å². The summed E-state index contributed by atoms with van der Waals surface area (Å²) in [6, 6.07) is 6.09. The molecule has 1 amide bonds. The largest absolute Gasteiger partial charge is 0.435 e. The van der Waals surface area contributed by atoms with Gasteiger partial charge < -0.3 is 15.0 Å². The monoisotopic (exact) mass is 387 g/mol. The predicted octanol–water partition coefficient (Wildman–Crippen LogP) is 2.03. The second kappa shape index (κ2) is 8.41. The molecule has 26 heavy (non-hydrogen) atoms. The van der Waals surface area contributed by atoms with Crippen LogP contribution in [0.3, 0.4) is 0 Å². The molecule has 0 radical (unpaired) electrons. The molecule has 1 atom stereocenters. The van der Waals surface area contributed by atoms with E-state index < -0.39 is 6.61 Å². The van der Waals surface area contributed by atoms with Gasteiger partial charge in [-0.2, -0.15) is 8.78 Å². The Morgan fingerprint density at radius 2 is 2.04 bits per heavy atom. The highest BCUT2D eigenvalue weighted by molar-refractivity contribution is 5.93. The van der Waals surface area contributed by atoms with Crippen LogP contribution in [0.4, 0.5) is 8.78 Å². The zero-order chi connectivity index (χ0) is 18.0. The van der Waals surface area contributed by atoms with Crippen LogP contribution in [0, 0.1) is 6.92 Å². The summed E-state index contributed by atoms with van der Waals surface area (Å²) in [4.78, 5) is 14.5. The van der Waals surface area contributed by atoms with Gasteiger partial charge in [0.05, 0.1) is 11.4 Å². The van der Waals surface area contributed by atoms with Crippen molar-refractivity contribution in [3.8, 4) is 11.4 Å². The molecule has 2 aromatic rings. The van der Waals surface area contributed by atoms with Crippen molar-refractivity contribution in [2.45, 2.75) is 26.5 Å². The first kappa shape index (κ1) is 20.1. The van der Waals surface area contributed by atoms with E-state index in [4.69, 9.17) is 0 Å². The molecular formula is C16H20ClF2N5O2. The molecule has 3 rings (SSSR count). The molecule has 1 aromatic heterocycles. The summed E-state index contributed by atoms with van der Waals surface area (Å²) in [6.07, 6.45) is 0. The van der Waals surface area contributed by atoms with Gasteiger partial charge in [0.15, 0.2) is 5.69 Å². The van der Waals surface area contributed by atoms with Gasteiger partial charge >= 0.3 is 6.61 Å². The van der Waals surface area contributed by atoms with Crippen molar-refractivity contribution < 1.29 is 18.3 Å². The molecule has 7 nitrogen and oxygen atoms in total. The number of halogens is 3. The molecule has 2 heterocycles. The van der Waals surface area contributed by atoms with Gasteiger partial charge in [0, 0.05) is 25.7 Å². The van der Waals surface area contributed by atoms with Gasteiger partial charge in [-0.15, -0.1) is 17.5 Å². The molecule has 10 heteroatoms. The standard InChI is InChI=1S/C16H19F2N5O2.ClH/c1-10-9-19-7-8-22(10)15(24)14-11(2)23(21-20-14)12-3-5-13(6-4-12)25-16(17)18;/h3-6,10,16,19H,7-9H2,1-2H3;1H. The molecule has 0 aliphatic carbocycles. The summed E-state index contributed by atoms with van der Waals surface area (Å²) in [5.41, 5.74) is 1.50. The number of ether oxygens (including phenoxy) is 1. The van der Waals surface area contributed by atoms with Crippen LogP contribution in [0.2, 0.25) is 0 Å². The highest BCUT2D eigenvalue weighted by Crippen LogP contribution is 2.19. The Morgan fingerprint density at radius 1 is 1.35 bits per heavy atom. The topological polar surface area (TPSA) is 72.3 Å². The Kier molecular flexibility index (Phi) is 6.49. The first-order chi connectivity index (χ1) is 12.0. The Hall–Kier alpha value is -2.26. The molecule has 0 spiro atoms. The van der Waals surface area contributed by atoms with Crippen molar-refractivity contribution in [2.24, 2.45) is 0 Å². The van der Waals surface area contributed by atoms with Gasteiger partial charge in [0.1, 0.15) is 5.75 Å². The molecular weight excluding hydrogens is 368 g/mol. The maximum atomic E-state index is 12.7. The average molecular weight is 388 g/mol. The van der Waals surface area contributed by atoms with Crippen LogP contribution in [-0.2, 0) is 0 Å². The lowest BCUT2D eigenvalue weighted by molar-refractivity contribution is -0.0498. The zero-order valence-electron chi connectivity index (χ0n) is 14.4. The van der Waals surface area contributed by atoms with Crippen LogP contribution in [0.5, 0.6) is 5.75 Å². The van der Waals surface area contributed by atoms with E-state index in [0.717, 1.165) is 13.1 Å². The van der Waals surface area contributed by atoms with Crippen molar-refractivity contribution in [3.63, 3.8) is 0 Å². The van der Waals surface area contributed by atoms with Gasteiger partial charge in [-0.25, -0.2) is 4.68 Å². The fourth-order valence-corrected chi connectivity index (χ4v) is 2.82. The zero-order valence-corrected chi connectivity index (χ0v) is 15.2. The summed E-state index contributed by atoms with van der Waals surface area (Å²) in [6.45, 7) is 2.96. The van der Waals surface area contributed by atoms with E-state index >= 15 is 0 Å². The molecule has 142 valence electrons. The van der Waals surface area contributed by atoms with E-state index in [1.807, 2.05) is 6.92 Å². The van der Waals surface area contributed by atoms with E-state index in [2.05, 4.69) is 20.4 Å². The number of piperazine rings is 1. The number of benzene rings is 1. The van der Waals surface area contributed by atoms with Crippen LogP contribution in [0.25, 0.3) is 5.69 Å². The number of carbonyl (C=O) groups is 1. The predicted molar refractivity (Wildman–Crippen MR) is 93.3 cm³/mol. The highest BCUT2D eigenvalue weighted by atomic mass is 35.5. The molecule has 1 N–H and O–H groups in total. The minimum atomic E-state index is -2.87. The molecule has 1 aliphatic rings. The number of alkyl halides is 2. The van der Waals surface area contributed by atoms with Gasteiger partial charge in [0.25, 0.3) is 5.91 Å². The molecule has 0 saturated carbocycles. The number of rotatable bonds is 4. The number of hydrogen-bond acceptors (Lipinski definition) is 5. The van der Waals surface area contributed by atoms with Gasteiger partial charge in [-0.1, -0.05) is 5.21 Å².